The van der Waals surface area contributed by atoms with Crippen LogP contribution in [0.1, 0.15) is 11.5 Å². The van der Waals surface area contributed by atoms with Gasteiger partial charge in [-0.3, -0.25) is 4.79 Å². The summed E-state index contributed by atoms with van der Waals surface area (Å²) in [5.41, 5.74) is 11.6. The van der Waals surface area contributed by atoms with Crippen LogP contribution < -0.4 is 16.2 Å². The zero-order valence-corrected chi connectivity index (χ0v) is 19.9. The first-order valence-corrected chi connectivity index (χ1v) is 12.6. The molecule has 33 heavy (non-hydrogen) atoms. The van der Waals surface area contributed by atoms with Gasteiger partial charge in [0.15, 0.2) is 0 Å². The van der Waals surface area contributed by atoms with Gasteiger partial charge in [-0.15, -0.1) is 16.9 Å². The minimum Gasteiger partial charge on any atom is -0.406 e. The van der Waals surface area contributed by atoms with Crippen molar-refractivity contribution in [3.63, 3.8) is 0 Å². The van der Waals surface area contributed by atoms with E-state index in [9.17, 15) is 13.2 Å². The lowest BCUT2D eigenvalue weighted by Crippen LogP contribution is -2.32. The summed E-state index contributed by atoms with van der Waals surface area (Å²) in [4.78, 5) is 15.4. The summed E-state index contributed by atoms with van der Waals surface area (Å²) < 4.78 is 32.1. The Kier molecular flexibility index (Phi) is 8.69. The molecule has 0 saturated carbocycles. The van der Waals surface area contributed by atoms with Crippen molar-refractivity contribution in [3.05, 3.63) is 65.0 Å². The highest BCUT2D eigenvalue weighted by Crippen LogP contribution is 2.27. The van der Waals surface area contributed by atoms with E-state index in [1.807, 2.05) is 18.2 Å². The van der Waals surface area contributed by atoms with E-state index in [1.165, 1.54) is 28.8 Å². The largest absolute Gasteiger partial charge is 0.406 e. The molecule has 3 rings (SSSR count). The Bertz CT molecular complexity index is 1190. The van der Waals surface area contributed by atoms with Crippen LogP contribution in [0.15, 0.2) is 62.7 Å². The third kappa shape index (κ3) is 7.17. The van der Waals surface area contributed by atoms with Crippen LogP contribution in [0.5, 0.6) is 0 Å². The van der Waals surface area contributed by atoms with E-state index in [1.54, 1.807) is 18.2 Å². The van der Waals surface area contributed by atoms with Crippen LogP contribution in [-0.2, 0) is 27.9 Å². The van der Waals surface area contributed by atoms with Crippen LogP contribution >= 0.6 is 23.4 Å². The van der Waals surface area contributed by atoms with Crippen molar-refractivity contribution in [1.29, 1.82) is 0 Å². The molecule has 3 aromatic rings. The second kappa shape index (κ2) is 11.5. The van der Waals surface area contributed by atoms with Crippen molar-refractivity contribution in [1.82, 2.24) is 19.8 Å². The van der Waals surface area contributed by atoms with Crippen molar-refractivity contribution in [2.24, 2.45) is 5.73 Å². The van der Waals surface area contributed by atoms with E-state index in [2.05, 4.69) is 14.9 Å². The molecule has 1 amide bonds. The van der Waals surface area contributed by atoms with E-state index in [4.69, 9.17) is 27.5 Å². The molecule has 0 spiro atoms. The molecule has 1 heterocycles. The van der Waals surface area contributed by atoms with E-state index >= 15 is 0 Å². The van der Waals surface area contributed by atoms with Crippen LogP contribution in [0, 0.1) is 0 Å². The Balaban J connectivity index is 1.73. The van der Waals surface area contributed by atoms with Gasteiger partial charge in [0.1, 0.15) is 0 Å². The van der Waals surface area contributed by atoms with Crippen LogP contribution in [0.3, 0.4) is 0 Å². The normalized spacial score (nSPS) is 11.5. The van der Waals surface area contributed by atoms with Gasteiger partial charge < -0.3 is 20.8 Å². The molecule has 0 radical (unpaired) electrons. The van der Waals surface area contributed by atoms with Crippen LogP contribution in [0.4, 0.5) is 6.01 Å². The number of nitrogen functional groups attached to an aromatic ring is 1. The Morgan fingerprint density at radius 2 is 1.85 bits per heavy atom. The van der Waals surface area contributed by atoms with Gasteiger partial charge in [-0.1, -0.05) is 41.0 Å². The minimum atomic E-state index is -3.65. The highest BCUT2D eigenvalue weighted by atomic mass is 35.5. The summed E-state index contributed by atoms with van der Waals surface area (Å²) in [6.45, 7) is 0.578. The second-order valence-corrected chi connectivity index (χ2v) is 10.0. The molecule has 0 fully saturated rings. The highest BCUT2D eigenvalue weighted by molar-refractivity contribution is 8.00. The lowest BCUT2D eigenvalue weighted by molar-refractivity contribution is -0.129. The predicted molar refractivity (Wildman–Crippen MR) is 126 cm³/mol. The van der Waals surface area contributed by atoms with Crippen molar-refractivity contribution >= 4 is 45.3 Å². The van der Waals surface area contributed by atoms with Crippen molar-refractivity contribution < 1.29 is 17.6 Å². The number of anilines is 1. The number of carbonyl (C=O) groups excluding carboxylic acids is 1. The van der Waals surface area contributed by atoms with Gasteiger partial charge in [-0.05, 0) is 29.8 Å². The summed E-state index contributed by atoms with van der Waals surface area (Å²) in [6.07, 6.45) is 0. The molecular formula is C20H23ClN6O4S2. The number of hydrogen-bond acceptors (Lipinski definition) is 9. The molecular weight excluding hydrogens is 488 g/mol. The molecule has 0 bridgehead atoms. The number of hydrogen-bond donors (Lipinski definition) is 3. The van der Waals surface area contributed by atoms with Gasteiger partial charge in [0.05, 0.1) is 22.2 Å². The van der Waals surface area contributed by atoms with E-state index in [0.29, 0.717) is 5.02 Å². The summed E-state index contributed by atoms with van der Waals surface area (Å²) in [7, 11) is -3.65. The number of nitrogens with zero attached hydrogens (tertiary/aromatic N) is 3. The number of aromatic nitrogens is 2. The summed E-state index contributed by atoms with van der Waals surface area (Å²) in [5.74, 6) is 0.120. The number of carbonyl (C=O) groups is 1. The fraction of sp³-hybridized carbons (Fsp3) is 0.250. The fourth-order valence-electron chi connectivity index (χ4n) is 2.79. The Hall–Kier alpha value is -2.64. The molecule has 10 nitrogen and oxygen atoms in total. The van der Waals surface area contributed by atoms with E-state index in [0.717, 1.165) is 10.5 Å². The first kappa shape index (κ1) is 25.0. The van der Waals surface area contributed by atoms with E-state index in [-0.39, 0.29) is 54.6 Å². The molecule has 0 saturated heterocycles. The first-order valence-electron chi connectivity index (χ1n) is 9.80. The Labute approximate surface area is 200 Å². The van der Waals surface area contributed by atoms with E-state index < -0.39 is 10.0 Å². The van der Waals surface area contributed by atoms with Gasteiger partial charge in [-0.2, -0.15) is 0 Å². The Morgan fingerprint density at radius 1 is 1.12 bits per heavy atom. The SMILES string of the molecule is NCCNS(=O)(=O)c1ccc(CN(Cc2nnc(N)o2)C(=O)CSc2ccccc2Cl)cc1. The first-order chi connectivity index (χ1) is 15.8. The van der Waals surface area contributed by atoms with Crippen LogP contribution in [0.2, 0.25) is 5.02 Å². The predicted octanol–water partition coefficient (Wildman–Crippen LogP) is 1.86. The molecule has 176 valence electrons. The molecule has 2 aromatic carbocycles. The monoisotopic (exact) mass is 510 g/mol. The third-order valence-electron chi connectivity index (χ3n) is 4.39. The standard InChI is InChI=1S/C20H23ClN6O4S2/c21-16-3-1-2-4-17(16)32-13-19(28)27(12-18-25-26-20(23)31-18)11-14-5-7-15(8-6-14)33(29,30)24-10-9-22/h1-8,24H,9-13,22H2,(H2,23,26). The summed E-state index contributed by atoms with van der Waals surface area (Å²) in [6, 6.07) is 13.4. The lowest BCUT2D eigenvalue weighted by atomic mass is 10.2. The van der Waals surface area contributed by atoms with Gasteiger partial charge in [0.25, 0.3) is 0 Å². The number of nitrogens with one attached hydrogen (secondary N) is 1. The van der Waals surface area contributed by atoms with Crippen molar-refractivity contribution in [2.75, 3.05) is 24.6 Å². The Morgan fingerprint density at radius 3 is 2.48 bits per heavy atom. The zero-order chi connectivity index (χ0) is 23.8. The van der Waals surface area contributed by atoms with Gasteiger partial charge in [0.2, 0.25) is 21.8 Å². The third-order valence-corrected chi connectivity index (χ3v) is 7.37. The van der Waals surface area contributed by atoms with Gasteiger partial charge in [0, 0.05) is 24.5 Å². The maximum Gasteiger partial charge on any atom is 0.312 e. The highest BCUT2D eigenvalue weighted by Gasteiger charge is 2.19. The topological polar surface area (TPSA) is 157 Å². The van der Waals surface area contributed by atoms with Gasteiger partial charge >= 0.3 is 6.01 Å². The number of sulfonamides is 1. The van der Waals surface area contributed by atoms with Crippen LogP contribution in [-0.4, -0.2) is 48.3 Å². The quantitative estimate of drug-likeness (QED) is 0.327. The van der Waals surface area contributed by atoms with Crippen molar-refractivity contribution in [3.8, 4) is 0 Å². The number of thioether (sulfide) groups is 1. The smallest absolute Gasteiger partial charge is 0.312 e. The average molecular weight is 511 g/mol. The van der Waals surface area contributed by atoms with Gasteiger partial charge in [-0.25, -0.2) is 13.1 Å². The summed E-state index contributed by atoms with van der Waals surface area (Å²) >= 11 is 7.49. The number of rotatable bonds is 11. The number of amides is 1. The maximum atomic E-state index is 13.0. The lowest BCUT2D eigenvalue weighted by Gasteiger charge is -2.21. The molecule has 0 aliphatic carbocycles. The summed E-state index contributed by atoms with van der Waals surface area (Å²) in [5, 5.41) is 8.01. The molecule has 0 unspecified atom stereocenters. The number of halogens is 1. The number of benzene rings is 2. The molecule has 0 atom stereocenters. The zero-order valence-electron chi connectivity index (χ0n) is 17.5. The minimum absolute atomic E-state index is 0.0459. The molecule has 0 aliphatic rings. The molecule has 0 aliphatic heterocycles. The van der Waals surface area contributed by atoms with Crippen LogP contribution in [0.25, 0.3) is 0 Å². The average Bonchev–Trinajstić information content (AvgIpc) is 3.21. The maximum absolute atomic E-state index is 13.0. The molecule has 1 aromatic heterocycles. The number of nitrogens with two attached hydrogens (primary N) is 2. The fourth-order valence-corrected chi connectivity index (χ4v) is 4.98. The molecule has 13 heteroatoms. The molecule has 5 N–H and O–H groups in total. The second-order valence-electron chi connectivity index (χ2n) is 6.83. The van der Waals surface area contributed by atoms with Crippen molar-refractivity contribution in [2.45, 2.75) is 22.9 Å².